The molecule has 1 rings (SSSR count). The smallest absolute Gasteiger partial charge is 0.342 e. The third kappa shape index (κ3) is 3.20. The van der Waals surface area contributed by atoms with E-state index in [1.165, 1.54) is 26.7 Å². The second-order valence-electron chi connectivity index (χ2n) is 2.60. The molecule has 0 saturated heterocycles. The Hall–Kier alpha value is -1.63. The van der Waals surface area contributed by atoms with Gasteiger partial charge >= 0.3 is 11.9 Å². The molecule has 7 heteroatoms. The van der Waals surface area contributed by atoms with Crippen LogP contribution >= 0.6 is 11.8 Å². The average molecular weight is 242 g/mol. The zero-order valence-corrected chi connectivity index (χ0v) is 9.61. The average Bonchev–Trinajstić information content (AvgIpc) is 2.35. The minimum Gasteiger partial charge on any atom is -0.468 e. The molecule has 0 aromatic carbocycles. The number of carbonyl (C=O) groups is 2. The summed E-state index contributed by atoms with van der Waals surface area (Å²) in [5.74, 6) is -0.843. The van der Waals surface area contributed by atoms with Crippen LogP contribution in [0.3, 0.4) is 0 Å². The standard InChI is InChI=1S/C9H10N2O4S/c1-14-7(12)4-16-8-6(9(13)15-2)3-10-5-11-8/h3,5H,4H2,1-2H3. The van der Waals surface area contributed by atoms with Crippen LogP contribution in [0.15, 0.2) is 17.6 Å². The first-order valence-corrected chi connectivity index (χ1v) is 5.25. The first-order valence-electron chi connectivity index (χ1n) is 4.27. The Bertz CT molecular complexity index is 397. The highest BCUT2D eigenvalue weighted by Crippen LogP contribution is 2.19. The van der Waals surface area contributed by atoms with Gasteiger partial charge in [0.05, 0.1) is 20.0 Å². The van der Waals surface area contributed by atoms with Crippen molar-refractivity contribution in [2.24, 2.45) is 0 Å². The number of nitrogens with zero attached hydrogens (tertiary/aromatic N) is 2. The second kappa shape index (κ2) is 6.06. The maximum Gasteiger partial charge on any atom is 0.342 e. The van der Waals surface area contributed by atoms with Crippen molar-refractivity contribution in [3.8, 4) is 0 Å². The molecule has 0 fully saturated rings. The van der Waals surface area contributed by atoms with Crippen LogP contribution in [-0.2, 0) is 14.3 Å². The fourth-order valence-electron chi connectivity index (χ4n) is 0.870. The Morgan fingerprint density at radius 1 is 1.38 bits per heavy atom. The maximum absolute atomic E-state index is 11.3. The van der Waals surface area contributed by atoms with Gasteiger partial charge in [-0.05, 0) is 0 Å². The maximum atomic E-state index is 11.3. The van der Waals surface area contributed by atoms with Crippen molar-refractivity contribution in [1.82, 2.24) is 9.97 Å². The largest absolute Gasteiger partial charge is 0.468 e. The lowest BCUT2D eigenvalue weighted by Crippen LogP contribution is -2.08. The Morgan fingerprint density at radius 3 is 2.75 bits per heavy atom. The molecule has 0 N–H and O–H groups in total. The van der Waals surface area contributed by atoms with E-state index in [1.807, 2.05) is 0 Å². The molecule has 1 heterocycles. The van der Waals surface area contributed by atoms with E-state index in [0.717, 1.165) is 11.8 Å². The van der Waals surface area contributed by atoms with E-state index in [4.69, 9.17) is 0 Å². The lowest BCUT2D eigenvalue weighted by molar-refractivity contribution is -0.137. The van der Waals surface area contributed by atoms with Crippen molar-refractivity contribution in [2.45, 2.75) is 5.03 Å². The lowest BCUT2D eigenvalue weighted by Gasteiger charge is -2.04. The summed E-state index contributed by atoms with van der Waals surface area (Å²) in [4.78, 5) is 29.9. The number of thioether (sulfide) groups is 1. The van der Waals surface area contributed by atoms with Gasteiger partial charge in [-0.25, -0.2) is 14.8 Å². The predicted molar refractivity (Wildman–Crippen MR) is 56.1 cm³/mol. The number of ether oxygens (including phenoxy) is 2. The molecule has 0 atom stereocenters. The van der Waals surface area contributed by atoms with Crippen LogP contribution in [0.1, 0.15) is 10.4 Å². The Labute approximate surface area is 96.4 Å². The molecule has 1 aromatic rings. The van der Waals surface area contributed by atoms with Crippen molar-refractivity contribution in [2.75, 3.05) is 20.0 Å². The summed E-state index contributed by atoms with van der Waals surface area (Å²) in [5, 5.41) is 0.396. The number of aromatic nitrogens is 2. The molecule has 0 aliphatic rings. The summed E-state index contributed by atoms with van der Waals surface area (Å²) < 4.78 is 9.04. The van der Waals surface area contributed by atoms with Gasteiger partial charge in [0.2, 0.25) is 0 Å². The highest BCUT2D eigenvalue weighted by atomic mass is 32.2. The van der Waals surface area contributed by atoms with Gasteiger partial charge in [0.1, 0.15) is 16.9 Å². The quantitative estimate of drug-likeness (QED) is 0.433. The van der Waals surface area contributed by atoms with Crippen molar-refractivity contribution in [3.05, 3.63) is 18.1 Å². The van der Waals surface area contributed by atoms with Gasteiger partial charge in [-0.15, -0.1) is 0 Å². The third-order valence-corrected chi connectivity index (χ3v) is 2.61. The van der Waals surface area contributed by atoms with Crippen molar-refractivity contribution < 1.29 is 19.1 Å². The first kappa shape index (κ1) is 12.4. The number of rotatable bonds is 4. The van der Waals surface area contributed by atoms with E-state index < -0.39 is 5.97 Å². The van der Waals surface area contributed by atoms with Gasteiger partial charge in [0.15, 0.2) is 0 Å². The highest BCUT2D eigenvalue weighted by Gasteiger charge is 2.14. The molecule has 0 bridgehead atoms. The molecule has 1 aromatic heterocycles. The lowest BCUT2D eigenvalue weighted by atomic mass is 10.3. The fourth-order valence-corrected chi connectivity index (χ4v) is 1.66. The predicted octanol–water partition coefficient (Wildman–Crippen LogP) is 0.528. The normalized spacial score (nSPS) is 9.62. The van der Waals surface area contributed by atoms with E-state index >= 15 is 0 Å². The molecule has 0 aliphatic heterocycles. The Morgan fingerprint density at radius 2 is 2.12 bits per heavy atom. The molecule has 16 heavy (non-hydrogen) atoms. The van der Waals surface area contributed by atoms with Gasteiger partial charge in [0, 0.05) is 6.20 Å². The van der Waals surface area contributed by atoms with Crippen LogP contribution in [0.4, 0.5) is 0 Å². The summed E-state index contributed by atoms with van der Waals surface area (Å²) in [6.07, 6.45) is 2.64. The molecular formula is C9H10N2O4S. The van der Waals surface area contributed by atoms with Gasteiger partial charge in [-0.3, -0.25) is 4.79 Å². The molecule has 0 radical (unpaired) electrons. The molecule has 0 amide bonds. The SMILES string of the molecule is COC(=O)CSc1ncncc1C(=O)OC. The zero-order valence-electron chi connectivity index (χ0n) is 8.80. The fraction of sp³-hybridized carbons (Fsp3) is 0.333. The topological polar surface area (TPSA) is 78.4 Å². The zero-order chi connectivity index (χ0) is 12.0. The van der Waals surface area contributed by atoms with E-state index in [1.54, 1.807) is 0 Å². The minimum atomic E-state index is -0.534. The number of carbonyl (C=O) groups excluding carboxylic acids is 2. The minimum absolute atomic E-state index is 0.0809. The monoisotopic (exact) mass is 242 g/mol. The van der Waals surface area contributed by atoms with E-state index in [2.05, 4.69) is 19.4 Å². The molecular weight excluding hydrogens is 232 g/mol. The third-order valence-electron chi connectivity index (χ3n) is 1.64. The van der Waals surface area contributed by atoms with Crippen LogP contribution in [0.2, 0.25) is 0 Å². The van der Waals surface area contributed by atoms with Crippen LogP contribution in [0.25, 0.3) is 0 Å². The van der Waals surface area contributed by atoms with Crippen LogP contribution in [-0.4, -0.2) is 41.9 Å². The Kier molecular flexibility index (Phi) is 4.71. The van der Waals surface area contributed by atoms with Crippen molar-refractivity contribution in [3.63, 3.8) is 0 Å². The van der Waals surface area contributed by atoms with Crippen molar-refractivity contribution in [1.29, 1.82) is 0 Å². The van der Waals surface area contributed by atoms with Gasteiger partial charge in [-0.2, -0.15) is 0 Å². The molecule has 0 saturated carbocycles. The molecule has 86 valence electrons. The number of methoxy groups -OCH3 is 2. The summed E-state index contributed by atoms with van der Waals surface area (Å²) in [5.41, 5.74) is 0.235. The van der Waals surface area contributed by atoms with Crippen LogP contribution < -0.4 is 0 Å². The summed E-state index contributed by atoms with van der Waals surface area (Å²) in [6.45, 7) is 0. The number of hydrogen-bond acceptors (Lipinski definition) is 7. The van der Waals surface area contributed by atoms with Gasteiger partial charge in [0.25, 0.3) is 0 Å². The van der Waals surface area contributed by atoms with Gasteiger partial charge in [-0.1, -0.05) is 11.8 Å². The van der Waals surface area contributed by atoms with Crippen molar-refractivity contribution >= 4 is 23.7 Å². The van der Waals surface area contributed by atoms with E-state index in [-0.39, 0.29) is 17.3 Å². The van der Waals surface area contributed by atoms with Crippen LogP contribution in [0.5, 0.6) is 0 Å². The summed E-state index contributed by atoms with van der Waals surface area (Å²) in [6, 6.07) is 0. The molecule has 0 spiro atoms. The number of esters is 2. The molecule has 0 unspecified atom stereocenters. The highest BCUT2D eigenvalue weighted by molar-refractivity contribution is 8.00. The summed E-state index contributed by atoms with van der Waals surface area (Å²) in [7, 11) is 2.56. The summed E-state index contributed by atoms with van der Waals surface area (Å²) >= 11 is 1.10. The van der Waals surface area contributed by atoms with Gasteiger partial charge < -0.3 is 9.47 Å². The Balaban J connectivity index is 2.79. The molecule has 0 aliphatic carbocycles. The molecule has 6 nitrogen and oxygen atoms in total. The van der Waals surface area contributed by atoms with Crippen LogP contribution in [0, 0.1) is 0 Å². The van der Waals surface area contributed by atoms with E-state index in [9.17, 15) is 9.59 Å². The first-order chi connectivity index (χ1) is 7.69. The number of hydrogen-bond donors (Lipinski definition) is 0. The second-order valence-corrected chi connectivity index (χ2v) is 3.56. The van der Waals surface area contributed by atoms with E-state index in [0.29, 0.717) is 5.03 Å².